The normalized spacial score (nSPS) is 11.2. The van der Waals surface area contributed by atoms with Crippen molar-refractivity contribution in [1.82, 2.24) is 14.8 Å². The molecule has 7 nitrogen and oxygen atoms in total. The zero-order chi connectivity index (χ0) is 24.7. The summed E-state index contributed by atoms with van der Waals surface area (Å²) in [4.78, 5) is 24.7. The van der Waals surface area contributed by atoms with E-state index in [0.717, 1.165) is 29.5 Å². The fourth-order valence-electron chi connectivity index (χ4n) is 3.04. The number of rotatable bonds is 9. The number of nitrogens with one attached hydrogen (secondary N) is 2. The molecule has 0 atom stereocenters. The number of hydrogen-bond acceptors (Lipinski definition) is 5. The Labute approximate surface area is 198 Å². The molecule has 0 saturated carbocycles. The van der Waals surface area contributed by atoms with Crippen LogP contribution in [0.25, 0.3) is 0 Å². The monoisotopic (exact) mass is 489 g/mol. The van der Waals surface area contributed by atoms with Crippen LogP contribution in [0.2, 0.25) is 0 Å². The van der Waals surface area contributed by atoms with Gasteiger partial charge in [-0.2, -0.15) is 13.2 Å². The largest absolute Gasteiger partial charge is 0.416 e. The SMILES string of the molecule is C=CCn1c(CC(=O)Nc2cccc(C(F)(F)F)c2)nnc1SCC(=O)Nc1cccc(C)c1. The average Bonchev–Trinajstić information content (AvgIpc) is 3.13. The number of aryl methyl sites for hydroxylation is 1. The maximum Gasteiger partial charge on any atom is 0.416 e. The lowest BCUT2D eigenvalue weighted by atomic mass is 10.2. The fraction of sp³-hybridized carbons (Fsp3) is 0.217. The minimum absolute atomic E-state index is 0.0250. The summed E-state index contributed by atoms with van der Waals surface area (Å²) in [6.45, 7) is 5.90. The number of aromatic nitrogens is 3. The Morgan fingerprint density at radius 3 is 2.41 bits per heavy atom. The van der Waals surface area contributed by atoms with Crippen LogP contribution in [-0.2, 0) is 28.7 Å². The molecule has 0 spiro atoms. The van der Waals surface area contributed by atoms with Crippen molar-refractivity contribution in [1.29, 1.82) is 0 Å². The van der Waals surface area contributed by atoms with Gasteiger partial charge in [-0.15, -0.1) is 16.8 Å². The molecule has 0 aliphatic rings. The van der Waals surface area contributed by atoms with Crippen molar-refractivity contribution >= 4 is 35.0 Å². The molecule has 3 rings (SSSR count). The molecule has 0 saturated heterocycles. The molecule has 2 aromatic carbocycles. The summed E-state index contributed by atoms with van der Waals surface area (Å²) >= 11 is 1.15. The molecule has 2 amide bonds. The molecule has 0 aliphatic heterocycles. The number of amides is 2. The first-order valence-electron chi connectivity index (χ1n) is 10.1. The predicted molar refractivity (Wildman–Crippen MR) is 125 cm³/mol. The van der Waals surface area contributed by atoms with Crippen LogP contribution in [0.5, 0.6) is 0 Å². The molecule has 0 fully saturated rings. The molecule has 0 radical (unpaired) electrons. The summed E-state index contributed by atoms with van der Waals surface area (Å²) in [6.07, 6.45) is -3.13. The van der Waals surface area contributed by atoms with Crippen LogP contribution in [0.15, 0.2) is 66.3 Å². The van der Waals surface area contributed by atoms with E-state index in [-0.39, 0.29) is 23.8 Å². The van der Waals surface area contributed by atoms with E-state index < -0.39 is 17.6 Å². The van der Waals surface area contributed by atoms with Crippen molar-refractivity contribution in [3.8, 4) is 0 Å². The molecule has 0 bridgehead atoms. The molecule has 11 heteroatoms. The van der Waals surface area contributed by atoms with Gasteiger partial charge in [0.05, 0.1) is 17.7 Å². The summed E-state index contributed by atoms with van der Waals surface area (Å²) < 4.78 is 40.3. The molecule has 178 valence electrons. The fourth-order valence-corrected chi connectivity index (χ4v) is 3.81. The number of halogens is 3. The van der Waals surface area contributed by atoms with Gasteiger partial charge in [-0.05, 0) is 42.8 Å². The highest BCUT2D eigenvalue weighted by atomic mass is 32.2. The first kappa shape index (κ1) is 25.0. The van der Waals surface area contributed by atoms with E-state index in [1.807, 2.05) is 25.1 Å². The minimum Gasteiger partial charge on any atom is -0.326 e. The first-order chi connectivity index (χ1) is 16.2. The summed E-state index contributed by atoms with van der Waals surface area (Å²) in [5, 5.41) is 13.7. The van der Waals surface area contributed by atoms with Gasteiger partial charge >= 0.3 is 6.18 Å². The number of alkyl halides is 3. The molecule has 2 N–H and O–H groups in total. The molecule has 0 unspecified atom stereocenters. The summed E-state index contributed by atoms with van der Waals surface area (Å²) in [7, 11) is 0. The number of nitrogens with zero attached hydrogens (tertiary/aromatic N) is 3. The Kier molecular flexibility index (Phi) is 8.11. The van der Waals surface area contributed by atoms with E-state index in [1.165, 1.54) is 12.1 Å². The second-order valence-corrected chi connectivity index (χ2v) is 8.25. The Bertz CT molecular complexity index is 1190. The second-order valence-electron chi connectivity index (χ2n) is 7.31. The van der Waals surface area contributed by atoms with Gasteiger partial charge < -0.3 is 15.2 Å². The molecular formula is C23H22F3N5O2S. The van der Waals surface area contributed by atoms with Gasteiger partial charge in [0.25, 0.3) is 0 Å². The van der Waals surface area contributed by atoms with Gasteiger partial charge in [-0.25, -0.2) is 0 Å². The highest BCUT2D eigenvalue weighted by Crippen LogP contribution is 2.30. The third-order valence-corrected chi connectivity index (χ3v) is 5.50. The van der Waals surface area contributed by atoms with E-state index in [9.17, 15) is 22.8 Å². The van der Waals surface area contributed by atoms with Crippen LogP contribution in [0.1, 0.15) is 17.0 Å². The summed E-state index contributed by atoms with van der Waals surface area (Å²) in [6, 6.07) is 11.8. The van der Waals surface area contributed by atoms with Gasteiger partial charge in [0, 0.05) is 17.9 Å². The van der Waals surface area contributed by atoms with E-state index in [4.69, 9.17) is 0 Å². The molecule has 1 aromatic heterocycles. The predicted octanol–water partition coefficient (Wildman–Crippen LogP) is 4.70. The lowest BCUT2D eigenvalue weighted by Gasteiger charge is -2.11. The lowest BCUT2D eigenvalue weighted by Crippen LogP contribution is -2.18. The Morgan fingerprint density at radius 1 is 1.06 bits per heavy atom. The summed E-state index contributed by atoms with van der Waals surface area (Å²) in [5.74, 6) is -0.413. The van der Waals surface area contributed by atoms with Gasteiger partial charge in [0.2, 0.25) is 11.8 Å². The van der Waals surface area contributed by atoms with E-state index >= 15 is 0 Å². The average molecular weight is 490 g/mol. The van der Waals surface area contributed by atoms with Crippen LogP contribution in [0.4, 0.5) is 24.5 Å². The van der Waals surface area contributed by atoms with Gasteiger partial charge in [-0.1, -0.05) is 36.0 Å². The second kappa shape index (κ2) is 11.0. The molecular weight excluding hydrogens is 467 g/mol. The van der Waals surface area contributed by atoms with Crippen LogP contribution in [-0.4, -0.2) is 32.3 Å². The molecule has 1 heterocycles. The summed E-state index contributed by atoms with van der Waals surface area (Å²) in [5.41, 5.74) is 0.870. The van der Waals surface area contributed by atoms with E-state index in [2.05, 4.69) is 27.4 Å². The highest BCUT2D eigenvalue weighted by molar-refractivity contribution is 7.99. The first-order valence-corrected chi connectivity index (χ1v) is 11.1. The van der Waals surface area contributed by atoms with Crippen LogP contribution < -0.4 is 10.6 Å². The minimum atomic E-state index is -4.51. The van der Waals surface area contributed by atoms with Crippen molar-refractivity contribution in [3.63, 3.8) is 0 Å². The van der Waals surface area contributed by atoms with Gasteiger partial charge in [-0.3, -0.25) is 9.59 Å². The maximum absolute atomic E-state index is 12.9. The van der Waals surface area contributed by atoms with E-state index in [0.29, 0.717) is 23.2 Å². The zero-order valence-electron chi connectivity index (χ0n) is 18.2. The Hall–Kier alpha value is -3.60. The standard InChI is InChI=1S/C23H22F3N5O2S/c1-3-10-31-19(13-20(32)27-18-9-5-7-16(12-18)23(24,25)26)29-30-22(31)34-14-21(33)28-17-8-4-6-15(2)11-17/h3-9,11-12H,1,10,13-14H2,2H3,(H,27,32)(H,28,33). The smallest absolute Gasteiger partial charge is 0.326 e. The van der Waals surface area contributed by atoms with Crippen LogP contribution in [0.3, 0.4) is 0 Å². The molecule has 0 aliphatic carbocycles. The van der Waals surface area contributed by atoms with Gasteiger partial charge in [0.15, 0.2) is 5.16 Å². The zero-order valence-corrected chi connectivity index (χ0v) is 19.0. The molecule has 3 aromatic rings. The van der Waals surface area contributed by atoms with Crippen molar-refractivity contribution in [2.24, 2.45) is 0 Å². The van der Waals surface area contributed by atoms with Crippen molar-refractivity contribution in [3.05, 3.63) is 78.1 Å². The highest BCUT2D eigenvalue weighted by Gasteiger charge is 2.30. The van der Waals surface area contributed by atoms with Crippen LogP contribution in [0, 0.1) is 6.92 Å². The lowest BCUT2D eigenvalue weighted by molar-refractivity contribution is -0.137. The number of allylic oxidation sites excluding steroid dienone is 1. The molecule has 34 heavy (non-hydrogen) atoms. The third-order valence-electron chi connectivity index (χ3n) is 4.53. The van der Waals surface area contributed by atoms with Crippen LogP contribution >= 0.6 is 11.8 Å². The number of hydrogen-bond donors (Lipinski definition) is 2. The Balaban J connectivity index is 1.63. The maximum atomic E-state index is 12.9. The number of carbonyl (C=O) groups is 2. The number of anilines is 2. The number of thioether (sulfide) groups is 1. The van der Waals surface area contributed by atoms with Crippen molar-refractivity contribution in [2.45, 2.75) is 31.2 Å². The van der Waals surface area contributed by atoms with Gasteiger partial charge in [0.1, 0.15) is 5.82 Å². The van der Waals surface area contributed by atoms with Crippen molar-refractivity contribution in [2.75, 3.05) is 16.4 Å². The van der Waals surface area contributed by atoms with E-state index in [1.54, 1.807) is 16.7 Å². The van der Waals surface area contributed by atoms with Crippen molar-refractivity contribution < 1.29 is 22.8 Å². The topological polar surface area (TPSA) is 88.9 Å². The third kappa shape index (κ3) is 6.95. The number of benzene rings is 2. The number of carbonyl (C=O) groups excluding carboxylic acids is 2. The Morgan fingerprint density at radius 2 is 1.74 bits per heavy atom. The quantitative estimate of drug-likeness (QED) is 0.336.